The molecule has 180 valence electrons. The molecule has 0 heterocycles. The fourth-order valence-electron chi connectivity index (χ4n) is 4.27. The Kier molecular flexibility index (Phi) is 7.42. The van der Waals surface area contributed by atoms with E-state index >= 15 is 0 Å². The first-order valence-electron chi connectivity index (χ1n) is 11.3. The number of hydrogen-bond donors (Lipinski definition) is 4. The summed E-state index contributed by atoms with van der Waals surface area (Å²) in [6.45, 7) is -0.476. The van der Waals surface area contributed by atoms with E-state index in [0.717, 1.165) is 27.8 Å². The van der Waals surface area contributed by atoms with Gasteiger partial charge in [0.05, 0.1) is 6.61 Å². The molecule has 8 heteroatoms. The van der Waals surface area contributed by atoms with Crippen molar-refractivity contribution in [3.8, 4) is 11.1 Å². The maximum Gasteiger partial charge on any atom is 0.411 e. The van der Waals surface area contributed by atoms with Crippen LogP contribution in [-0.2, 0) is 20.7 Å². The average Bonchev–Trinajstić information content (AvgIpc) is 3.18. The molecular formula is C27H26N2O6. The molecule has 1 unspecified atom stereocenters. The van der Waals surface area contributed by atoms with Gasteiger partial charge in [0.2, 0.25) is 5.91 Å². The van der Waals surface area contributed by atoms with Gasteiger partial charge in [-0.05, 0) is 46.4 Å². The summed E-state index contributed by atoms with van der Waals surface area (Å²) in [5, 5.41) is 22.9. The van der Waals surface area contributed by atoms with Crippen LogP contribution < -0.4 is 10.6 Å². The minimum atomic E-state index is -1.33. The van der Waals surface area contributed by atoms with Crippen molar-refractivity contribution in [3.05, 3.63) is 89.5 Å². The molecule has 35 heavy (non-hydrogen) atoms. The van der Waals surface area contributed by atoms with Crippen LogP contribution in [0.4, 0.5) is 10.5 Å². The first-order valence-corrected chi connectivity index (χ1v) is 11.3. The van der Waals surface area contributed by atoms with Crippen LogP contribution in [0.2, 0.25) is 0 Å². The molecule has 1 aliphatic rings. The molecule has 3 aromatic carbocycles. The summed E-state index contributed by atoms with van der Waals surface area (Å²) in [7, 11) is 0. The molecule has 4 N–H and O–H groups in total. The normalized spacial score (nSPS) is 12.8. The Hall–Kier alpha value is -4.17. The minimum Gasteiger partial charge on any atom is -0.480 e. The van der Waals surface area contributed by atoms with Gasteiger partial charge < -0.3 is 20.3 Å². The van der Waals surface area contributed by atoms with E-state index in [1.54, 1.807) is 24.3 Å². The molecule has 0 fully saturated rings. The lowest BCUT2D eigenvalue weighted by atomic mass is 9.98. The van der Waals surface area contributed by atoms with Crippen molar-refractivity contribution in [1.82, 2.24) is 5.32 Å². The smallest absolute Gasteiger partial charge is 0.411 e. The molecule has 0 aromatic heterocycles. The van der Waals surface area contributed by atoms with Crippen LogP contribution in [-0.4, -0.2) is 47.4 Å². The van der Waals surface area contributed by atoms with Crippen LogP contribution >= 0.6 is 0 Å². The van der Waals surface area contributed by atoms with Gasteiger partial charge >= 0.3 is 12.1 Å². The summed E-state index contributed by atoms with van der Waals surface area (Å²) in [6, 6.07) is 21.9. The van der Waals surface area contributed by atoms with Crippen molar-refractivity contribution in [2.75, 3.05) is 18.5 Å². The number of hydrogen-bond acceptors (Lipinski definition) is 5. The predicted octanol–water partition coefficient (Wildman–Crippen LogP) is 3.54. The summed E-state index contributed by atoms with van der Waals surface area (Å²) in [5.74, 6) is -1.82. The number of nitrogens with one attached hydrogen (secondary N) is 2. The van der Waals surface area contributed by atoms with Crippen molar-refractivity contribution < 1.29 is 29.3 Å². The number of carboxylic acid groups (broad SMARTS) is 1. The highest BCUT2D eigenvalue weighted by atomic mass is 16.5. The highest BCUT2D eigenvalue weighted by Crippen LogP contribution is 2.44. The van der Waals surface area contributed by atoms with E-state index in [9.17, 15) is 14.4 Å². The first-order chi connectivity index (χ1) is 17.0. The van der Waals surface area contributed by atoms with Gasteiger partial charge in [0.15, 0.2) is 0 Å². The molecule has 0 spiro atoms. The molecule has 0 saturated carbocycles. The number of carbonyl (C=O) groups excluding carboxylic acids is 2. The quantitative estimate of drug-likeness (QED) is 0.376. The third-order valence-corrected chi connectivity index (χ3v) is 5.97. The van der Waals surface area contributed by atoms with Crippen LogP contribution in [0.15, 0.2) is 72.8 Å². The van der Waals surface area contributed by atoms with Crippen molar-refractivity contribution in [2.45, 2.75) is 24.8 Å². The Morgan fingerprint density at radius 2 is 1.57 bits per heavy atom. The molecular weight excluding hydrogens is 448 g/mol. The Morgan fingerprint density at radius 3 is 2.20 bits per heavy atom. The number of anilines is 1. The minimum absolute atomic E-state index is 0.0356. The number of benzene rings is 3. The van der Waals surface area contributed by atoms with Gasteiger partial charge in [0.1, 0.15) is 12.6 Å². The molecule has 1 aliphatic carbocycles. The van der Waals surface area contributed by atoms with E-state index in [-0.39, 0.29) is 18.9 Å². The zero-order valence-electron chi connectivity index (χ0n) is 18.9. The molecule has 0 radical (unpaired) electrons. The number of carboxylic acids is 1. The number of rotatable bonds is 9. The van der Waals surface area contributed by atoms with Crippen LogP contribution in [0, 0.1) is 0 Å². The third-order valence-electron chi connectivity index (χ3n) is 5.97. The number of fused-ring (bicyclic) bond motifs is 3. The Labute approximate surface area is 202 Å². The standard InChI is InChI=1S/C27H26N2O6/c30-15-24(26(32)33)29-25(31)13-12-17-6-5-7-18(14-17)28-27(34)35-16-23-21-10-3-1-8-19(21)20-9-2-4-11-22(20)23/h1-11,14,23-24,30H,12-13,15-16H2,(H,28,34)(H,29,31)(H,32,33). The van der Waals surface area contributed by atoms with E-state index < -0.39 is 30.6 Å². The molecule has 3 aromatic rings. The number of ether oxygens (including phenoxy) is 1. The van der Waals surface area contributed by atoms with E-state index in [4.69, 9.17) is 14.9 Å². The molecule has 1 atom stereocenters. The highest BCUT2D eigenvalue weighted by molar-refractivity contribution is 5.86. The van der Waals surface area contributed by atoms with Crippen LogP contribution in [0.3, 0.4) is 0 Å². The first kappa shape index (κ1) is 24.0. The van der Waals surface area contributed by atoms with E-state index in [2.05, 4.69) is 34.9 Å². The third kappa shape index (κ3) is 5.67. The summed E-state index contributed by atoms with van der Waals surface area (Å²) < 4.78 is 5.57. The molecule has 0 bridgehead atoms. The summed E-state index contributed by atoms with van der Waals surface area (Å²) in [5.41, 5.74) is 5.89. The van der Waals surface area contributed by atoms with Crippen molar-refractivity contribution in [3.63, 3.8) is 0 Å². The van der Waals surface area contributed by atoms with E-state index in [1.165, 1.54) is 0 Å². The van der Waals surface area contributed by atoms with Crippen LogP contribution in [0.5, 0.6) is 0 Å². The second kappa shape index (κ2) is 10.8. The van der Waals surface area contributed by atoms with Gasteiger partial charge in [-0.3, -0.25) is 10.1 Å². The molecule has 0 saturated heterocycles. The fraction of sp³-hybridized carbons (Fsp3) is 0.222. The SMILES string of the molecule is O=C(CCc1cccc(NC(=O)OCC2c3ccccc3-c3ccccc32)c1)NC(CO)C(=O)O. The zero-order chi connectivity index (χ0) is 24.8. The Morgan fingerprint density at radius 1 is 0.914 bits per heavy atom. The average molecular weight is 475 g/mol. The molecule has 4 rings (SSSR count). The molecule has 0 aliphatic heterocycles. The number of carbonyl (C=O) groups is 3. The van der Waals surface area contributed by atoms with Gasteiger partial charge in [-0.2, -0.15) is 0 Å². The highest BCUT2D eigenvalue weighted by Gasteiger charge is 2.29. The Balaban J connectivity index is 1.32. The maximum absolute atomic E-state index is 12.5. The number of aliphatic hydroxyl groups excluding tert-OH is 1. The zero-order valence-corrected chi connectivity index (χ0v) is 18.9. The fourth-order valence-corrected chi connectivity index (χ4v) is 4.27. The van der Waals surface area contributed by atoms with Crippen LogP contribution in [0.1, 0.15) is 29.0 Å². The van der Waals surface area contributed by atoms with Gasteiger partial charge in [0, 0.05) is 18.0 Å². The number of amides is 2. The largest absolute Gasteiger partial charge is 0.480 e. The summed E-state index contributed by atoms with van der Waals surface area (Å²) in [4.78, 5) is 35.4. The van der Waals surface area contributed by atoms with Crippen molar-refractivity contribution in [1.29, 1.82) is 0 Å². The summed E-state index contributed by atoms with van der Waals surface area (Å²) >= 11 is 0. The lowest BCUT2D eigenvalue weighted by Crippen LogP contribution is -2.43. The van der Waals surface area contributed by atoms with Crippen molar-refractivity contribution in [2.24, 2.45) is 0 Å². The monoisotopic (exact) mass is 474 g/mol. The van der Waals surface area contributed by atoms with Crippen LogP contribution in [0.25, 0.3) is 11.1 Å². The topological polar surface area (TPSA) is 125 Å². The number of aryl methyl sites for hydroxylation is 1. The van der Waals surface area contributed by atoms with Gasteiger partial charge in [0.25, 0.3) is 0 Å². The number of aliphatic hydroxyl groups is 1. The second-order valence-electron chi connectivity index (χ2n) is 8.29. The number of aliphatic carboxylic acids is 1. The molecule has 8 nitrogen and oxygen atoms in total. The summed E-state index contributed by atoms with van der Waals surface area (Å²) in [6.07, 6.45) is -0.198. The molecule has 2 amide bonds. The Bertz CT molecular complexity index is 1200. The second-order valence-corrected chi connectivity index (χ2v) is 8.29. The van der Waals surface area contributed by atoms with E-state index in [0.29, 0.717) is 12.1 Å². The van der Waals surface area contributed by atoms with Gasteiger partial charge in [-0.15, -0.1) is 0 Å². The van der Waals surface area contributed by atoms with E-state index in [1.807, 2.05) is 24.3 Å². The maximum atomic E-state index is 12.5. The predicted molar refractivity (Wildman–Crippen MR) is 130 cm³/mol. The van der Waals surface area contributed by atoms with Gasteiger partial charge in [-0.25, -0.2) is 9.59 Å². The lowest BCUT2D eigenvalue weighted by Gasteiger charge is -2.15. The van der Waals surface area contributed by atoms with Crippen molar-refractivity contribution >= 4 is 23.7 Å². The lowest BCUT2D eigenvalue weighted by molar-refractivity contribution is -0.142. The van der Waals surface area contributed by atoms with Gasteiger partial charge in [-0.1, -0.05) is 60.7 Å².